The highest BCUT2D eigenvalue weighted by atomic mass is 16.5. The third kappa shape index (κ3) is 2.99. The number of ether oxygens (including phenoxy) is 4. The Bertz CT molecular complexity index is 787. The van der Waals surface area contributed by atoms with Crippen LogP contribution in [0.25, 0.3) is 0 Å². The van der Waals surface area contributed by atoms with Gasteiger partial charge in [0.2, 0.25) is 0 Å². The van der Waals surface area contributed by atoms with Gasteiger partial charge in [-0.25, -0.2) is 19.2 Å². The predicted molar refractivity (Wildman–Crippen MR) is 86.0 cm³/mol. The lowest BCUT2D eigenvalue weighted by Crippen LogP contribution is -2.47. The van der Waals surface area contributed by atoms with Gasteiger partial charge in [-0.05, 0) is 12.2 Å². The fourth-order valence-corrected chi connectivity index (χ4v) is 2.72. The van der Waals surface area contributed by atoms with E-state index in [1.54, 1.807) is 12.2 Å². The van der Waals surface area contributed by atoms with Crippen LogP contribution in [0, 0.1) is 0 Å². The number of esters is 4. The molecule has 2 rings (SSSR count). The molecule has 0 N–H and O–H groups in total. The number of nitrogens with zero attached hydrogens (tertiary/aromatic N) is 1. The molecular weight excluding hydrogens is 346 g/mol. The van der Waals surface area contributed by atoms with E-state index in [2.05, 4.69) is 0 Å². The zero-order chi connectivity index (χ0) is 19.4. The Morgan fingerprint density at radius 1 is 0.808 bits per heavy atom. The molecule has 2 aliphatic heterocycles. The van der Waals surface area contributed by atoms with Gasteiger partial charge in [-0.1, -0.05) is 6.08 Å². The van der Waals surface area contributed by atoms with Gasteiger partial charge >= 0.3 is 23.9 Å². The Hall–Kier alpha value is -3.36. The number of hydrogen-bond acceptors (Lipinski definition) is 9. The highest BCUT2D eigenvalue weighted by Crippen LogP contribution is 2.37. The molecule has 1 atom stereocenters. The molecule has 138 valence electrons. The Kier molecular flexibility index (Phi) is 5.61. The molecule has 0 aromatic heterocycles. The maximum absolute atomic E-state index is 12.4. The molecule has 0 saturated carbocycles. The first-order valence-corrected chi connectivity index (χ1v) is 7.37. The van der Waals surface area contributed by atoms with E-state index in [0.29, 0.717) is 0 Å². The van der Waals surface area contributed by atoms with Crippen molar-refractivity contribution in [3.8, 4) is 0 Å². The van der Waals surface area contributed by atoms with Gasteiger partial charge < -0.3 is 23.8 Å². The molecule has 2 aliphatic rings. The topological polar surface area (TPSA) is 108 Å². The van der Waals surface area contributed by atoms with Gasteiger partial charge in [0.25, 0.3) is 0 Å². The number of hydrogen-bond donors (Lipinski definition) is 0. The third-order valence-corrected chi connectivity index (χ3v) is 3.83. The normalized spacial score (nSPS) is 18.3. The molecule has 0 unspecified atom stereocenters. The van der Waals surface area contributed by atoms with Crippen molar-refractivity contribution in [1.29, 1.82) is 0 Å². The van der Waals surface area contributed by atoms with Gasteiger partial charge in [-0.3, -0.25) is 0 Å². The monoisotopic (exact) mass is 363 g/mol. The van der Waals surface area contributed by atoms with E-state index in [4.69, 9.17) is 18.9 Å². The standard InChI is InChI=1S/C17H17NO8/c1-23-14(19)10-9-7-5-6-8-18(9)13(17(22)26-4)12(16(21)25-3)11(10)15(20)24-2/h5-8,13H,1-4H3/t13-/m1/s1. The van der Waals surface area contributed by atoms with Crippen molar-refractivity contribution in [2.24, 2.45) is 0 Å². The van der Waals surface area contributed by atoms with Crippen molar-refractivity contribution in [1.82, 2.24) is 4.90 Å². The Labute approximate surface area is 149 Å². The summed E-state index contributed by atoms with van der Waals surface area (Å²) in [4.78, 5) is 50.9. The molecule has 0 amide bonds. The highest BCUT2D eigenvalue weighted by Gasteiger charge is 2.47. The van der Waals surface area contributed by atoms with Crippen LogP contribution in [-0.4, -0.2) is 63.3 Å². The minimum absolute atomic E-state index is 0.183. The summed E-state index contributed by atoms with van der Waals surface area (Å²) in [6.07, 6.45) is 6.16. The molecule has 9 nitrogen and oxygen atoms in total. The molecule has 0 spiro atoms. The van der Waals surface area contributed by atoms with E-state index in [1.807, 2.05) is 0 Å². The lowest BCUT2D eigenvalue weighted by Gasteiger charge is -2.37. The van der Waals surface area contributed by atoms with Crippen molar-refractivity contribution < 1.29 is 38.1 Å². The molecule has 0 aromatic rings. The first kappa shape index (κ1) is 19.0. The minimum atomic E-state index is -1.34. The highest BCUT2D eigenvalue weighted by molar-refractivity contribution is 6.15. The Balaban J connectivity index is 2.92. The van der Waals surface area contributed by atoms with Crippen LogP contribution in [0.4, 0.5) is 0 Å². The summed E-state index contributed by atoms with van der Waals surface area (Å²) in [7, 11) is 4.43. The number of carbonyl (C=O) groups is 4. The number of rotatable bonds is 4. The number of allylic oxidation sites excluding steroid dienone is 3. The summed E-state index contributed by atoms with van der Waals surface area (Å²) in [5, 5.41) is 0. The molecule has 0 aromatic carbocycles. The molecule has 0 saturated heterocycles. The minimum Gasteiger partial charge on any atom is -0.467 e. The molecule has 9 heteroatoms. The van der Waals surface area contributed by atoms with Crippen molar-refractivity contribution in [2.45, 2.75) is 6.04 Å². The van der Waals surface area contributed by atoms with Gasteiger partial charge in [-0.15, -0.1) is 0 Å². The van der Waals surface area contributed by atoms with Crippen LogP contribution in [0.5, 0.6) is 0 Å². The Morgan fingerprint density at radius 2 is 1.38 bits per heavy atom. The van der Waals surface area contributed by atoms with E-state index in [1.165, 1.54) is 17.2 Å². The van der Waals surface area contributed by atoms with Crippen LogP contribution in [0.2, 0.25) is 0 Å². The van der Waals surface area contributed by atoms with E-state index in [9.17, 15) is 19.2 Å². The second-order valence-corrected chi connectivity index (χ2v) is 5.06. The fraction of sp³-hybridized carbons (Fsp3) is 0.294. The number of fused-ring (bicyclic) bond motifs is 1. The average molecular weight is 363 g/mol. The smallest absolute Gasteiger partial charge is 0.340 e. The predicted octanol–water partition coefficient (Wildman–Crippen LogP) is -0.00320. The van der Waals surface area contributed by atoms with Gasteiger partial charge in [0, 0.05) is 6.20 Å². The van der Waals surface area contributed by atoms with E-state index in [-0.39, 0.29) is 16.8 Å². The van der Waals surface area contributed by atoms with Crippen LogP contribution in [0.3, 0.4) is 0 Å². The lowest BCUT2D eigenvalue weighted by atomic mass is 9.87. The molecule has 26 heavy (non-hydrogen) atoms. The maximum Gasteiger partial charge on any atom is 0.340 e. The van der Waals surface area contributed by atoms with Crippen molar-refractivity contribution >= 4 is 23.9 Å². The largest absolute Gasteiger partial charge is 0.467 e. The average Bonchev–Trinajstić information content (AvgIpc) is 2.69. The van der Waals surface area contributed by atoms with Crippen LogP contribution in [0.15, 0.2) is 46.8 Å². The van der Waals surface area contributed by atoms with Crippen LogP contribution in [-0.2, 0) is 38.1 Å². The zero-order valence-electron chi connectivity index (χ0n) is 14.6. The second kappa shape index (κ2) is 7.68. The van der Waals surface area contributed by atoms with Gasteiger partial charge in [0.05, 0.1) is 50.9 Å². The molecule has 2 heterocycles. The summed E-state index contributed by atoms with van der Waals surface area (Å²) >= 11 is 0. The van der Waals surface area contributed by atoms with Crippen molar-refractivity contribution in [2.75, 3.05) is 28.4 Å². The number of carbonyl (C=O) groups excluding carboxylic acids is 4. The quantitative estimate of drug-likeness (QED) is 0.503. The van der Waals surface area contributed by atoms with Crippen LogP contribution >= 0.6 is 0 Å². The molecular formula is C17H17NO8. The molecule has 0 fully saturated rings. The first-order valence-electron chi connectivity index (χ1n) is 7.37. The van der Waals surface area contributed by atoms with Crippen molar-refractivity contribution in [3.05, 3.63) is 46.8 Å². The van der Waals surface area contributed by atoms with Gasteiger partial charge in [0.15, 0.2) is 6.04 Å². The first-order chi connectivity index (χ1) is 12.4. The lowest BCUT2D eigenvalue weighted by molar-refractivity contribution is -0.148. The zero-order valence-corrected chi connectivity index (χ0v) is 14.6. The molecule has 0 bridgehead atoms. The summed E-state index contributed by atoms with van der Waals surface area (Å²) in [6.45, 7) is 0. The van der Waals surface area contributed by atoms with E-state index in [0.717, 1.165) is 28.4 Å². The SMILES string of the molecule is COC(=O)C1=C(C(=O)OC)[C@H](C(=O)OC)N2C=CC=CC2=C1C(=O)OC. The van der Waals surface area contributed by atoms with Crippen LogP contribution in [0.1, 0.15) is 0 Å². The maximum atomic E-state index is 12.4. The summed E-state index contributed by atoms with van der Waals surface area (Å²) in [5.74, 6) is -3.68. The van der Waals surface area contributed by atoms with Gasteiger partial charge in [-0.2, -0.15) is 0 Å². The number of methoxy groups -OCH3 is 4. The van der Waals surface area contributed by atoms with E-state index < -0.39 is 35.5 Å². The van der Waals surface area contributed by atoms with Crippen LogP contribution < -0.4 is 0 Å². The Morgan fingerprint density at radius 3 is 1.92 bits per heavy atom. The van der Waals surface area contributed by atoms with E-state index >= 15 is 0 Å². The summed E-state index contributed by atoms with van der Waals surface area (Å²) < 4.78 is 19.0. The summed E-state index contributed by atoms with van der Waals surface area (Å²) in [5.41, 5.74) is -0.827. The fourth-order valence-electron chi connectivity index (χ4n) is 2.72. The second-order valence-electron chi connectivity index (χ2n) is 5.06. The van der Waals surface area contributed by atoms with Crippen molar-refractivity contribution in [3.63, 3.8) is 0 Å². The molecule has 0 aliphatic carbocycles. The van der Waals surface area contributed by atoms with Gasteiger partial charge in [0.1, 0.15) is 0 Å². The third-order valence-electron chi connectivity index (χ3n) is 3.83. The molecule has 0 radical (unpaired) electrons. The summed E-state index contributed by atoms with van der Waals surface area (Å²) in [6, 6.07) is -1.34.